The number of tetrazole rings is 1. The van der Waals surface area contributed by atoms with E-state index in [0.717, 1.165) is 4.80 Å². The van der Waals surface area contributed by atoms with E-state index >= 15 is 0 Å². The van der Waals surface area contributed by atoms with Gasteiger partial charge in [0.25, 0.3) is 5.91 Å². The van der Waals surface area contributed by atoms with Crippen LogP contribution in [0.3, 0.4) is 0 Å². The number of carbonyl (C=O) groups is 2. The maximum atomic E-state index is 12.4. The summed E-state index contributed by atoms with van der Waals surface area (Å²) in [4.78, 5) is 28.6. The number of hydrogen-bond donors (Lipinski definition) is 2. The standard InChI is InChI=1S/C16H13Cl2N7O2/c1-8(16(27)21-15-12(18)6-11(17)7-20-15)25-23-14(22-24-25)10-4-2-9(3-5-10)13(19)26/h2-8H,1H3,(H2,19,26)(H,20,21,27)/t8-/m1/s1. The third kappa shape index (κ3) is 4.21. The molecule has 3 aromatic rings. The first-order valence-electron chi connectivity index (χ1n) is 7.67. The molecule has 0 spiro atoms. The van der Waals surface area contributed by atoms with Crippen molar-refractivity contribution in [1.82, 2.24) is 25.2 Å². The minimum atomic E-state index is -0.773. The Morgan fingerprint density at radius 1 is 1.22 bits per heavy atom. The van der Waals surface area contributed by atoms with Gasteiger partial charge in [0.1, 0.15) is 6.04 Å². The fraction of sp³-hybridized carbons (Fsp3) is 0.125. The molecule has 9 nitrogen and oxygen atoms in total. The Morgan fingerprint density at radius 2 is 1.93 bits per heavy atom. The number of carbonyl (C=O) groups excluding carboxylic acids is 2. The maximum Gasteiger partial charge on any atom is 0.252 e. The van der Waals surface area contributed by atoms with E-state index in [1.165, 1.54) is 12.3 Å². The van der Waals surface area contributed by atoms with Crippen molar-refractivity contribution in [1.29, 1.82) is 0 Å². The molecule has 138 valence electrons. The molecule has 0 saturated heterocycles. The first-order chi connectivity index (χ1) is 12.8. The number of nitrogens with zero attached hydrogens (tertiary/aromatic N) is 5. The van der Waals surface area contributed by atoms with Crippen LogP contribution in [-0.4, -0.2) is 37.0 Å². The number of nitrogens with one attached hydrogen (secondary N) is 1. The summed E-state index contributed by atoms with van der Waals surface area (Å²) in [5.74, 6) is -0.480. The van der Waals surface area contributed by atoms with Crippen molar-refractivity contribution in [3.8, 4) is 11.4 Å². The Balaban J connectivity index is 1.74. The molecule has 0 aliphatic carbocycles. The summed E-state index contributed by atoms with van der Waals surface area (Å²) in [5, 5.41) is 15.2. The summed E-state index contributed by atoms with van der Waals surface area (Å²) in [5.41, 5.74) is 6.20. The predicted molar refractivity (Wildman–Crippen MR) is 99.4 cm³/mol. The molecule has 27 heavy (non-hydrogen) atoms. The van der Waals surface area contributed by atoms with Crippen LogP contribution in [0.25, 0.3) is 11.4 Å². The van der Waals surface area contributed by atoms with Crippen molar-refractivity contribution >= 4 is 40.8 Å². The van der Waals surface area contributed by atoms with Crippen molar-refractivity contribution in [2.45, 2.75) is 13.0 Å². The molecule has 0 radical (unpaired) electrons. The molecule has 3 N–H and O–H groups in total. The van der Waals surface area contributed by atoms with E-state index in [0.29, 0.717) is 22.0 Å². The van der Waals surface area contributed by atoms with Gasteiger partial charge in [0.2, 0.25) is 11.7 Å². The van der Waals surface area contributed by atoms with Crippen LogP contribution in [0, 0.1) is 0 Å². The number of primary amides is 1. The summed E-state index contributed by atoms with van der Waals surface area (Å²) in [6.45, 7) is 1.60. The average molecular weight is 406 g/mol. The molecule has 0 fully saturated rings. The lowest BCUT2D eigenvalue weighted by atomic mass is 10.1. The lowest BCUT2D eigenvalue weighted by Crippen LogP contribution is -2.26. The van der Waals surface area contributed by atoms with E-state index in [1.54, 1.807) is 31.2 Å². The smallest absolute Gasteiger partial charge is 0.252 e. The van der Waals surface area contributed by atoms with E-state index in [-0.39, 0.29) is 10.8 Å². The first kappa shape index (κ1) is 18.7. The van der Waals surface area contributed by atoms with Gasteiger partial charge in [-0.1, -0.05) is 35.3 Å². The molecular formula is C16H13Cl2N7O2. The number of rotatable bonds is 5. The van der Waals surface area contributed by atoms with Gasteiger partial charge in [-0.3, -0.25) is 9.59 Å². The highest BCUT2D eigenvalue weighted by Gasteiger charge is 2.20. The van der Waals surface area contributed by atoms with Crippen molar-refractivity contribution in [2.75, 3.05) is 5.32 Å². The number of halogens is 2. The Kier molecular flexibility index (Phi) is 5.33. The van der Waals surface area contributed by atoms with E-state index < -0.39 is 17.9 Å². The second-order valence-corrected chi connectivity index (χ2v) is 6.37. The number of aromatic nitrogens is 5. The number of benzene rings is 1. The van der Waals surface area contributed by atoms with E-state index in [9.17, 15) is 9.59 Å². The maximum absolute atomic E-state index is 12.4. The van der Waals surface area contributed by atoms with Crippen LogP contribution >= 0.6 is 23.2 Å². The number of amides is 2. The second kappa shape index (κ2) is 7.68. The van der Waals surface area contributed by atoms with Gasteiger partial charge in [-0.25, -0.2) is 4.98 Å². The lowest BCUT2D eigenvalue weighted by Gasteiger charge is -2.11. The molecular weight excluding hydrogens is 393 g/mol. The Morgan fingerprint density at radius 3 is 2.56 bits per heavy atom. The zero-order valence-corrected chi connectivity index (χ0v) is 15.4. The normalized spacial score (nSPS) is 11.8. The topological polar surface area (TPSA) is 129 Å². The molecule has 2 amide bonds. The van der Waals surface area contributed by atoms with Gasteiger partial charge in [0.05, 0.1) is 10.0 Å². The van der Waals surface area contributed by atoms with Crippen LogP contribution in [-0.2, 0) is 4.79 Å². The molecule has 0 aliphatic heterocycles. The molecule has 0 saturated carbocycles. The van der Waals surface area contributed by atoms with Gasteiger partial charge >= 0.3 is 0 Å². The number of anilines is 1. The molecule has 0 unspecified atom stereocenters. The fourth-order valence-corrected chi connectivity index (χ4v) is 2.55. The van der Waals surface area contributed by atoms with Gasteiger partial charge < -0.3 is 11.1 Å². The minimum absolute atomic E-state index is 0.181. The molecule has 2 heterocycles. The molecule has 11 heteroatoms. The van der Waals surface area contributed by atoms with Gasteiger partial charge in [-0.05, 0) is 30.3 Å². The van der Waals surface area contributed by atoms with Gasteiger partial charge in [0, 0.05) is 17.3 Å². The fourth-order valence-electron chi connectivity index (χ4n) is 2.12. The summed E-state index contributed by atoms with van der Waals surface area (Å²) >= 11 is 11.8. The van der Waals surface area contributed by atoms with E-state index in [1.807, 2.05) is 0 Å². The lowest BCUT2D eigenvalue weighted by molar-refractivity contribution is -0.119. The second-order valence-electron chi connectivity index (χ2n) is 5.52. The highest BCUT2D eigenvalue weighted by atomic mass is 35.5. The SMILES string of the molecule is C[C@H](C(=O)Nc1ncc(Cl)cc1Cl)n1nnc(-c2ccc(C(N)=O)cc2)n1. The molecule has 1 aromatic carbocycles. The molecule has 0 aliphatic rings. The van der Waals surface area contributed by atoms with Crippen LogP contribution in [0.5, 0.6) is 0 Å². The molecule has 0 bridgehead atoms. The number of pyridine rings is 1. The van der Waals surface area contributed by atoms with Crippen LogP contribution in [0.4, 0.5) is 5.82 Å². The minimum Gasteiger partial charge on any atom is -0.366 e. The van der Waals surface area contributed by atoms with Crippen molar-refractivity contribution in [3.05, 3.63) is 52.1 Å². The van der Waals surface area contributed by atoms with Crippen LogP contribution in [0.1, 0.15) is 23.3 Å². The summed E-state index contributed by atoms with van der Waals surface area (Å²) in [6, 6.07) is 7.10. The zero-order valence-electron chi connectivity index (χ0n) is 13.9. The highest BCUT2D eigenvalue weighted by molar-refractivity contribution is 6.36. The Hall–Kier alpha value is -3.04. The van der Waals surface area contributed by atoms with Crippen molar-refractivity contribution in [2.24, 2.45) is 5.73 Å². The Labute approximate surface area is 163 Å². The van der Waals surface area contributed by atoms with Gasteiger partial charge in [0.15, 0.2) is 5.82 Å². The molecule has 1 atom stereocenters. The average Bonchev–Trinajstić information content (AvgIpc) is 3.13. The summed E-state index contributed by atoms with van der Waals surface area (Å²) in [7, 11) is 0. The predicted octanol–water partition coefficient (Wildman–Crippen LogP) is 2.34. The van der Waals surface area contributed by atoms with Crippen LogP contribution in [0.2, 0.25) is 10.0 Å². The van der Waals surface area contributed by atoms with E-state index in [2.05, 4.69) is 25.7 Å². The van der Waals surface area contributed by atoms with Gasteiger partial charge in [-0.15, -0.1) is 10.2 Å². The third-order valence-electron chi connectivity index (χ3n) is 3.63. The highest BCUT2D eigenvalue weighted by Crippen LogP contribution is 2.23. The third-order valence-corrected chi connectivity index (χ3v) is 4.13. The zero-order chi connectivity index (χ0) is 19.6. The molecule has 2 aromatic heterocycles. The van der Waals surface area contributed by atoms with Gasteiger partial charge in [-0.2, -0.15) is 4.80 Å². The quantitative estimate of drug-likeness (QED) is 0.669. The Bertz CT molecular complexity index is 1000. The summed E-state index contributed by atoms with van der Waals surface area (Å²) < 4.78 is 0. The van der Waals surface area contributed by atoms with Crippen molar-refractivity contribution in [3.63, 3.8) is 0 Å². The number of nitrogens with two attached hydrogens (primary N) is 1. The number of hydrogen-bond acceptors (Lipinski definition) is 6. The summed E-state index contributed by atoms with van der Waals surface area (Å²) in [6.07, 6.45) is 1.37. The van der Waals surface area contributed by atoms with E-state index in [4.69, 9.17) is 28.9 Å². The monoisotopic (exact) mass is 405 g/mol. The van der Waals surface area contributed by atoms with Crippen LogP contribution in [0.15, 0.2) is 36.5 Å². The first-order valence-corrected chi connectivity index (χ1v) is 8.42. The van der Waals surface area contributed by atoms with Crippen molar-refractivity contribution < 1.29 is 9.59 Å². The van der Waals surface area contributed by atoms with Crippen LogP contribution < -0.4 is 11.1 Å². The largest absolute Gasteiger partial charge is 0.366 e. The molecule has 3 rings (SSSR count).